The van der Waals surface area contributed by atoms with Gasteiger partial charge < -0.3 is 37.2 Å². The molecule has 0 amide bonds. The van der Waals surface area contributed by atoms with Gasteiger partial charge in [0.15, 0.2) is 0 Å². The van der Waals surface area contributed by atoms with Crippen LogP contribution in [0.5, 0.6) is 0 Å². The fourth-order valence-electron chi connectivity index (χ4n) is 3.77. The first-order valence-corrected chi connectivity index (χ1v) is 11.1. The molecule has 2 aromatic carbocycles. The third-order valence-corrected chi connectivity index (χ3v) is 7.22. The van der Waals surface area contributed by atoms with Gasteiger partial charge in [-0.15, -0.1) is 0 Å². The Morgan fingerprint density at radius 3 is 1.78 bits per heavy atom. The van der Waals surface area contributed by atoms with E-state index in [2.05, 4.69) is 59.7 Å². The smallest absolute Gasteiger partial charge is 1.00 e. The normalized spacial score (nSPS) is 10.0. The van der Waals surface area contributed by atoms with Gasteiger partial charge in [0.2, 0.25) is 0 Å². The molecule has 27 heavy (non-hydrogen) atoms. The summed E-state index contributed by atoms with van der Waals surface area (Å²) in [6, 6.07) is 8.67. The summed E-state index contributed by atoms with van der Waals surface area (Å²) >= 11 is 0. The summed E-state index contributed by atoms with van der Waals surface area (Å²) in [6.45, 7) is 13.8. The van der Waals surface area contributed by atoms with Crippen molar-refractivity contribution in [2.75, 3.05) is 0 Å². The molecule has 0 aromatic heterocycles. The number of benzene rings is 1. The van der Waals surface area contributed by atoms with E-state index in [-0.39, 0.29) is 68.5 Å². The van der Waals surface area contributed by atoms with Crippen LogP contribution < -0.4 is 42.4 Å². The van der Waals surface area contributed by atoms with Crippen LogP contribution in [0.15, 0.2) is 18.2 Å². The number of aryl methyl sites for hydroxylation is 2. The summed E-state index contributed by atoms with van der Waals surface area (Å²) in [5.41, 5.74) is 11.1. The second-order valence-corrected chi connectivity index (χ2v) is 8.76. The van der Waals surface area contributed by atoms with Crippen LogP contribution in [0, 0.1) is 20.8 Å². The number of hydrogen-bond acceptors (Lipinski definition) is 0. The molecule has 0 heterocycles. The quantitative estimate of drug-likeness (QED) is 0.277. The second kappa shape index (κ2) is 15.2. The van der Waals surface area contributed by atoms with Gasteiger partial charge in [0.05, 0.1) is 0 Å². The van der Waals surface area contributed by atoms with E-state index in [9.17, 15) is 0 Å². The molecule has 0 spiro atoms. The number of hydrogen-bond donors (Lipinski definition) is 0. The molecule has 150 valence electrons. The topological polar surface area (TPSA) is 0 Å². The van der Waals surface area contributed by atoms with Crippen molar-refractivity contribution in [2.24, 2.45) is 0 Å². The van der Waals surface area contributed by atoms with Crippen molar-refractivity contribution in [2.45, 2.75) is 73.3 Å². The van der Waals surface area contributed by atoms with Crippen molar-refractivity contribution < 1.29 is 58.9 Å². The standard InChI is InChI=1S/C22H33Si.3ClH.Ti/c1-7-10-21-16(5)15(4)17(6)22(21)14-23-20-12-18(8-2)11-19(9-3)13-20;;;;/h11-13H,7-10,14,23H2,1-6H3;3*1H;/q-1;;;;+4/p-3. The van der Waals surface area contributed by atoms with E-state index in [1.165, 1.54) is 35.6 Å². The van der Waals surface area contributed by atoms with E-state index in [0.717, 1.165) is 12.8 Å². The van der Waals surface area contributed by atoms with Crippen LogP contribution in [-0.2, 0) is 47.0 Å². The van der Waals surface area contributed by atoms with Gasteiger partial charge >= 0.3 is 21.7 Å². The molecule has 0 aliphatic carbocycles. The minimum Gasteiger partial charge on any atom is -1.00 e. The van der Waals surface area contributed by atoms with Gasteiger partial charge in [0, 0.05) is 9.52 Å². The minimum atomic E-state index is -0.234. The van der Waals surface area contributed by atoms with Crippen molar-refractivity contribution >= 4 is 14.7 Å². The average molecular weight is 480 g/mol. The fourth-order valence-corrected chi connectivity index (χ4v) is 5.80. The first-order chi connectivity index (χ1) is 11.0. The van der Waals surface area contributed by atoms with E-state index < -0.39 is 0 Å². The predicted octanol–water partition coefficient (Wildman–Crippen LogP) is -4.59. The summed E-state index contributed by atoms with van der Waals surface area (Å²) in [5, 5.41) is 1.65. The van der Waals surface area contributed by atoms with Gasteiger partial charge in [-0.1, -0.05) is 83.8 Å². The van der Waals surface area contributed by atoms with E-state index in [4.69, 9.17) is 0 Å². The minimum absolute atomic E-state index is 0. The van der Waals surface area contributed by atoms with E-state index in [0.29, 0.717) is 0 Å². The van der Waals surface area contributed by atoms with Gasteiger partial charge in [-0.2, -0.15) is 27.8 Å². The molecule has 0 fully saturated rings. The molecule has 0 atom stereocenters. The summed E-state index contributed by atoms with van der Waals surface area (Å²) in [6.07, 6.45) is 4.82. The van der Waals surface area contributed by atoms with Crippen molar-refractivity contribution in [1.82, 2.24) is 0 Å². The van der Waals surface area contributed by atoms with Crippen LogP contribution in [0.1, 0.15) is 66.1 Å². The molecular formula is C22H33Cl3SiTi. The maximum absolute atomic E-state index is 2.48. The van der Waals surface area contributed by atoms with Crippen LogP contribution in [0.25, 0.3) is 0 Å². The van der Waals surface area contributed by atoms with Crippen LogP contribution in [0.3, 0.4) is 0 Å². The monoisotopic (exact) mass is 478 g/mol. The molecule has 0 aliphatic rings. The van der Waals surface area contributed by atoms with Crippen molar-refractivity contribution in [3.8, 4) is 0 Å². The molecule has 0 saturated carbocycles. The van der Waals surface area contributed by atoms with E-state index >= 15 is 0 Å². The molecule has 0 saturated heterocycles. The molecule has 2 aromatic rings. The zero-order valence-electron chi connectivity index (χ0n) is 17.6. The van der Waals surface area contributed by atoms with Crippen LogP contribution >= 0.6 is 0 Å². The van der Waals surface area contributed by atoms with Gasteiger partial charge in [-0.25, -0.2) is 0 Å². The Balaban J connectivity index is -0.00000144. The first kappa shape index (κ1) is 32.0. The Kier molecular flexibility index (Phi) is 18.1. The Morgan fingerprint density at radius 1 is 0.815 bits per heavy atom. The fraction of sp³-hybridized carbons (Fsp3) is 0.500. The maximum Gasteiger partial charge on any atom is 4.00 e. The Morgan fingerprint density at radius 2 is 1.33 bits per heavy atom. The molecule has 2 rings (SSSR count). The molecule has 5 heteroatoms. The summed E-state index contributed by atoms with van der Waals surface area (Å²) in [4.78, 5) is 0. The van der Waals surface area contributed by atoms with Gasteiger partial charge in [0.25, 0.3) is 0 Å². The van der Waals surface area contributed by atoms with Gasteiger partial charge in [-0.3, -0.25) is 0 Å². The maximum atomic E-state index is 2.48. The van der Waals surface area contributed by atoms with Gasteiger partial charge in [-0.05, 0) is 24.0 Å². The van der Waals surface area contributed by atoms with Crippen LogP contribution in [0.4, 0.5) is 0 Å². The van der Waals surface area contributed by atoms with E-state index in [1.807, 2.05) is 0 Å². The predicted molar refractivity (Wildman–Crippen MR) is 107 cm³/mol. The zero-order chi connectivity index (χ0) is 17.0. The summed E-state index contributed by atoms with van der Waals surface area (Å²) in [5.74, 6) is 0. The van der Waals surface area contributed by atoms with Gasteiger partial charge in [0.1, 0.15) is 0 Å². The SMILES string of the molecule is CCCc1c(C)c(C)c(C)[c-]1C[SiH2]c1cc(CC)cc(CC)c1.[Cl-].[Cl-].[Cl-].[Ti+4]. The second-order valence-electron chi connectivity index (χ2n) is 6.95. The zero-order valence-corrected chi connectivity index (χ0v) is 22.9. The molecule has 0 radical (unpaired) electrons. The molecule has 0 N–H and O–H groups in total. The summed E-state index contributed by atoms with van der Waals surface area (Å²) in [7, 11) is -0.234. The van der Waals surface area contributed by atoms with E-state index in [1.54, 1.807) is 27.4 Å². The Labute approximate surface area is 203 Å². The third kappa shape index (κ3) is 7.96. The molecule has 0 unspecified atom stereocenters. The van der Waals surface area contributed by atoms with Crippen LogP contribution in [-0.4, -0.2) is 9.52 Å². The van der Waals surface area contributed by atoms with Crippen molar-refractivity contribution in [1.29, 1.82) is 0 Å². The van der Waals surface area contributed by atoms with Crippen molar-refractivity contribution in [3.63, 3.8) is 0 Å². The van der Waals surface area contributed by atoms with Crippen molar-refractivity contribution in [3.05, 3.63) is 57.1 Å². The molecule has 0 bridgehead atoms. The Bertz CT molecular complexity index is 658. The molecule has 0 aliphatic heterocycles. The molecule has 0 nitrogen and oxygen atoms in total. The summed E-state index contributed by atoms with van der Waals surface area (Å²) < 4.78 is 0. The number of rotatable bonds is 7. The Hall–Kier alpha value is 0.371. The third-order valence-electron chi connectivity index (χ3n) is 5.49. The largest absolute Gasteiger partial charge is 4.00 e. The number of halogens is 3. The molecular weight excluding hydrogens is 447 g/mol. The average Bonchev–Trinajstić information content (AvgIpc) is 2.77. The van der Waals surface area contributed by atoms with Crippen LogP contribution in [0.2, 0.25) is 0 Å². The first-order valence-electron chi connectivity index (χ1n) is 9.37.